The third kappa shape index (κ3) is 11.5. The van der Waals surface area contributed by atoms with E-state index in [-0.39, 0.29) is 25.0 Å². The van der Waals surface area contributed by atoms with E-state index in [4.69, 9.17) is 26.2 Å². The van der Waals surface area contributed by atoms with E-state index in [1.54, 1.807) is 6.92 Å². The summed E-state index contributed by atoms with van der Waals surface area (Å²) in [6.45, 7) is 1.76. The van der Waals surface area contributed by atoms with Crippen LogP contribution in [0.5, 0.6) is 0 Å². The van der Waals surface area contributed by atoms with E-state index in [9.17, 15) is 14.4 Å². The number of nitrogens with two attached hydrogens (primary N) is 1. The van der Waals surface area contributed by atoms with Gasteiger partial charge in [0.25, 0.3) is 0 Å². The van der Waals surface area contributed by atoms with Crippen molar-refractivity contribution in [2.75, 3.05) is 13.2 Å². The minimum Gasteiger partial charge on any atom is -0.480 e. The third-order valence-corrected chi connectivity index (χ3v) is 2.09. The molecule has 3 atom stereocenters. The SMILES string of the molecule is CCNC(=O)CCC(N)C(=O)O.O=CC(O)C(O)CO. The van der Waals surface area contributed by atoms with Crippen LogP contribution in [0.1, 0.15) is 19.8 Å². The Balaban J connectivity index is 0. The molecule has 0 saturated carbocycles. The van der Waals surface area contributed by atoms with Crippen molar-refractivity contribution < 1.29 is 34.8 Å². The van der Waals surface area contributed by atoms with E-state index in [2.05, 4.69) is 5.32 Å². The van der Waals surface area contributed by atoms with Gasteiger partial charge in [0, 0.05) is 13.0 Å². The third-order valence-electron chi connectivity index (χ3n) is 2.09. The molecule has 0 aromatic heterocycles. The van der Waals surface area contributed by atoms with Crippen molar-refractivity contribution in [2.45, 2.75) is 38.0 Å². The Kier molecular flexibility index (Phi) is 13.0. The first kappa shape index (κ1) is 20.8. The highest BCUT2D eigenvalue weighted by atomic mass is 16.4. The average Bonchev–Trinajstić information content (AvgIpc) is 2.43. The maximum absolute atomic E-state index is 10.8. The fourth-order valence-electron chi connectivity index (χ4n) is 0.894. The van der Waals surface area contributed by atoms with Crippen molar-refractivity contribution in [3.63, 3.8) is 0 Å². The number of rotatable bonds is 8. The number of hydrogen-bond acceptors (Lipinski definition) is 7. The average molecular weight is 294 g/mol. The second-order valence-electron chi connectivity index (χ2n) is 3.81. The molecule has 9 nitrogen and oxygen atoms in total. The van der Waals surface area contributed by atoms with Gasteiger partial charge >= 0.3 is 5.97 Å². The van der Waals surface area contributed by atoms with Crippen molar-refractivity contribution in [2.24, 2.45) is 5.73 Å². The van der Waals surface area contributed by atoms with Crippen LogP contribution in [0.2, 0.25) is 0 Å². The van der Waals surface area contributed by atoms with Crippen molar-refractivity contribution in [3.8, 4) is 0 Å². The predicted molar refractivity (Wildman–Crippen MR) is 68.7 cm³/mol. The molecule has 0 saturated heterocycles. The van der Waals surface area contributed by atoms with Gasteiger partial charge in [0.2, 0.25) is 5.91 Å². The topological polar surface area (TPSA) is 170 Å². The summed E-state index contributed by atoms with van der Waals surface area (Å²) < 4.78 is 0. The van der Waals surface area contributed by atoms with Crippen LogP contribution in [-0.2, 0) is 14.4 Å². The number of aliphatic hydroxyl groups is 3. The molecule has 0 spiro atoms. The van der Waals surface area contributed by atoms with Crippen molar-refractivity contribution >= 4 is 18.2 Å². The van der Waals surface area contributed by atoms with Crippen molar-refractivity contribution in [1.82, 2.24) is 5.32 Å². The Morgan fingerprint density at radius 1 is 1.35 bits per heavy atom. The number of carboxylic acids is 1. The zero-order valence-electron chi connectivity index (χ0n) is 11.2. The molecule has 0 aromatic carbocycles. The van der Waals surface area contributed by atoms with E-state index in [1.165, 1.54) is 0 Å². The minimum absolute atomic E-state index is 0.158. The summed E-state index contributed by atoms with van der Waals surface area (Å²) in [5.74, 6) is -1.23. The van der Waals surface area contributed by atoms with Crippen LogP contribution >= 0.6 is 0 Å². The van der Waals surface area contributed by atoms with Gasteiger partial charge in [0.1, 0.15) is 18.2 Å². The molecule has 7 N–H and O–H groups in total. The highest BCUT2D eigenvalue weighted by Crippen LogP contribution is 1.94. The number of nitrogens with one attached hydrogen (secondary N) is 1. The van der Waals surface area contributed by atoms with E-state index in [0.717, 1.165) is 0 Å². The lowest BCUT2D eigenvalue weighted by atomic mass is 10.1. The molecule has 20 heavy (non-hydrogen) atoms. The van der Waals surface area contributed by atoms with Gasteiger partial charge in [-0.05, 0) is 13.3 Å². The number of carbonyl (C=O) groups is 3. The number of carboxylic acid groups (broad SMARTS) is 1. The quantitative estimate of drug-likeness (QED) is 0.261. The first-order valence-electron chi connectivity index (χ1n) is 5.97. The van der Waals surface area contributed by atoms with Crippen molar-refractivity contribution in [1.29, 1.82) is 0 Å². The fourth-order valence-corrected chi connectivity index (χ4v) is 0.894. The molecule has 1 amide bonds. The molecule has 0 radical (unpaired) electrons. The monoisotopic (exact) mass is 294 g/mol. The van der Waals surface area contributed by atoms with Gasteiger partial charge in [-0.3, -0.25) is 9.59 Å². The standard InChI is InChI=1S/C7H14N2O3.C4H8O4/c1-2-9-6(10)4-3-5(8)7(11)12;5-1-3(7)4(8)2-6/h5H,2-4,8H2,1H3,(H,9,10)(H,11,12);1,3-4,6-8H,2H2. The van der Waals surface area contributed by atoms with E-state index < -0.39 is 30.8 Å². The Bertz CT molecular complexity index is 298. The Hall–Kier alpha value is -1.55. The number of hydrogen-bond donors (Lipinski definition) is 6. The maximum atomic E-state index is 10.8. The van der Waals surface area contributed by atoms with Crippen LogP contribution in [-0.4, -0.2) is 70.0 Å². The Morgan fingerprint density at radius 3 is 2.20 bits per heavy atom. The molecule has 0 aliphatic heterocycles. The smallest absolute Gasteiger partial charge is 0.320 e. The van der Waals surface area contributed by atoms with Crippen LogP contribution < -0.4 is 11.1 Å². The van der Waals surface area contributed by atoms with Gasteiger partial charge in [0.05, 0.1) is 6.61 Å². The molecule has 0 bridgehead atoms. The summed E-state index contributed by atoms with van der Waals surface area (Å²) >= 11 is 0. The zero-order valence-corrected chi connectivity index (χ0v) is 11.2. The van der Waals surface area contributed by atoms with E-state index in [1.807, 2.05) is 0 Å². The molecular formula is C11H22N2O7. The summed E-state index contributed by atoms with van der Waals surface area (Å²) in [6, 6.07) is -0.937. The summed E-state index contributed by atoms with van der Waals surface area (Å²) in [6.07, 6.45) is -2.28. The molecule has 0 aromatic rings. The maximum Gasteiger partial charge on any atom is 0.320 e. The first-order chi connectivity index (χ1) is 9.29. The van der Waals surface area contributed by atoms with Gasteiger partial charge in [-0.1, -0.05) is 0 Å². The van der Waals surface area contributed by atoms with Crippen LogP contribution in [0.15, 0.2) is 0 Å². The highest BCUT2D eigenvalue weighted by Gasteiger charge is 2.13. The summed E-state index contributed by atoms with van der Waals surface area (Å²) in [7, 11) is 0. The van der Waals surface area contributed by atoms with Crippen molar-refractivity contribution in [3.05, 3.63) is 0 Å². The molecule has 0 rings (SSSR count). The first-order valence-corrected chi connectivity index (χ1v) is 5.97. The number of amides is 1. The molecule has 9 heteroatoms. The molecule has 3 unspecified atom stereocenters. The number of carbonyl (C=O) groups excluding carboxylic acids is 2. The number of aliphatic carboxylic acids is 1. The second-order valence-corrected chi connectivity index (χ2v) is 3.81. The number of aliphatic hydroxyl groups excluding tert-OH is 3. The normalized spacial score (nSPS) is 14.2. The fraction of sp³-hybridized carbons (Fsp3) is 0.727. The largest absolute Gasteiger partial charge is 0.480 e. The molecule has 118 valence electrons. The van der Waals surface area contributed by atoms with Gasteiger partial charge in [-0.2, -0.15) is 0 Å². The Morgan fingerprint density at radius 2 is 1.90 bits per heavy atom. The summed E-state index contributed by atoms with van der Waals surface area (Å²) in [5.41, 5.74) is 5.18. The minimum atomic E-state index is -1.46. The van der Waals surface area contributed by atoms with E-state index >= 15 is 0 Å². The van der Waals surface area contributed by atoms with Crippen LogP contribution in [0, 0.1) is 0 Å². The molecule has 0 aliphatic carbocycles. The lowest BCUT2D eigenvalue weighted by molar-refractivity contribution is -0.138. The molecule has 0 fully saturated rings. The zero-order chi connectivity index (χ0) is 16.1. The lowest BCUT2D eigenvalue weighted by Gasteiger charge is -2.06. The van der Waals surface area contributed by atoms with E-state index in [0.29, 0.717) is 6.54 Å². The van der Waals surface area contributed by atoms with Crippen LogP contribution in [0.4, 0.5) is 0 Å². The molecule has 0 aliphatic rings. The lowest BCUT2D eigenvalue weighted by Crippen LogP contribution is -2.32. The van der Waals surface area contributed by atoms with Gasteiger partial charge in [0.15, 0.2) is 6.29 Å². The Labute approximate surface area is 116 Å². The van der Waals surface area contributed by atoms with Crippen LogP contribution in [0.25, 0.3) is 0 Å². The molecular weight excluding hydrogens is 272 g/mol. The number of aldehydes is 1. The summed E-state index contributed by atoms with van der Waals surface area (Å²) in [4.78, 5) is 30.6. The van der Waals surface area contributed by atoms with Crippen LogP contribution in [0.3, 0.4) is 0 Å². The predicted octanol–water partition coefficient (Wildman–Crippen LogP) is -2.79. The molecule has 0 heterocycles. The van der Waals surface area contributed by atoms with Gasteiger partial charge in [-0.15, -0.1) is 0 Å². The van der Waals surface area contributed by atoms with Gasteiger partial charge < -0.3 is 36.3 Å². The van der Waals surface area contributed by atoms with Gasteiger partial charge in [-0.25, -0.2) is 0 Å². The summed E-state index contributed by atoms with van der Waals surface area (Å²) in [5, 5.41) is 35.7. The highest BCUT2D eigenvalue weighted by molar-refractivity contribution is 5.78. The second kappa shape index (κ2) is 12.5.